The van der Waals surface area contributed by atoms with E-state index in [1.54, 1.807) is 18.7 Å². The highest BCUT2D eigenvalue weighted by Gasteiger charge is 1.99. The average Bonchev–Trinajstić information content (AvgIpc) is 2.85. The first-order valence-corrected chi connectivity index (χ1v) is 4.47. The van der Waals surface area contributed by atoms with E-state index >= 15 is 0 Å². The summed E-state index contributed by atoms with van der Waals surface area (Å²) < 4.78 is 3.77. The molecule has 5 heteroatoms. The van der Waals surface area contributed by atoms with Crippen molar-refractivity contribution in [1.82, 2.24) is 19.3 Å². The fourth-order valence-electron chi connectivity index (χ4n) is 1.32. The van der Waals surface area contributed by atoms with Gasteiger partial charge >= 0.3 is 0 Å². The van der Waals surface area contributed by atoms with Gasteiger partial charge in [-0.15, -0.1) is 0 Å². The van der Waals surface area contributed by atoms with Crippen LogP contribution in [0, 0.1) is 0 Å². The minimum Gasteiger partial charge on any atom is -0.390 e. The van der Waals surface area contributed by atoms with Crippen molar-refractivity contribution in [3.05, 3.63) is 36.7 Å². The molecule has 2 aromatic heterocycles. The fourth-order valence-corrected chi connectivity index (χ4v) is 1.32. The van der Waals surface area contributed by atoms with E-state index < -0.39 is 0 Å². The zero-order valence-corrected chi connectivity index (χ0v) is 7.74. The zero-order valence-electron chi connectivity index (χ0n) is 7.74. The van der Waals surface area contributed by atoms with Gasteiger partial charge in [-0.1, -0.05) is 0 Å². The summed E-state index contributed by atoms with van der Waals surface area (Å²) in [7, 11) is 0. The van der Waals surface area contributed by atoms with Gasteiger partial charge in [-0.2, -0.15) is 5.10 Å². The first kappa shape index (κ1) is 8.96. The Labute approximate surface area is 81.6 Å². The lowest BCUT2D eigenvalue weighted by atomic mass is 10.5. The number of hydrogen-bond donors (Lipinski definition) is 1. The van der Waals surface area contributed by atoms with Gasteiger partial charge in [0.05, 0.1) is 31.4 Å². The van der Waals surface area contributed by atoms with E-state index in [1.807, 2.05) is 21.5 Å². The minimum atomic E-state index is 0.0269. The van der Waals surface area contributed by atoms with E-state index in [0.717, 1.165) is 18.8 Å². The molecule has 0 saturated carbocycles. The Morgan fingerprint density at radius 2 is 2.29 bits per heavy atom. The van der Waals surface area contributed by atoms with Gasteiger partial charge in [0.25, 0.3) is 0 Å². The number of imidazole rings is 1. The first-order valence-electron chi connectivity index (χ1n) is 4.47. The number of aliphatic hydroxyl groups is 1. The molecule has 0 radical (unpaired) electrons. The van der Waals surface area contributed by atoms with Gasteiger partial charge in [0, 0.05) is 18.9 Å². The summed E-state index contributed by atoms with van der Waals surface area (Å²) >= 11 is 0. The maximum Gasteiger partial charge on any atom is 0.0949 e. The molecule has 1 N–H and O–H groups in total. The van der Waals surface area contributed by atoms with E-state index in [9.17, 15) is 0 Å². The highest BCUT2D eigenvalue weighted by atomic mass is 16.3. The molecular formula is C9H12N4O. The smallest absolute Gasteiger partial charge is 0.0949 e. The SMILES string of the molecule is OCc1cncn1CCn1cccn1. The van der Waals surface area contributed by atoms with E-state index in [4.69, 9.17) is 5.11 Å². The molecule has 2 rings (SSSR count). The molecule has 14 heavy (non-hydrogen) atoms. The second-order valence-corrected chi connectivity index (χ2v) is 3.01. The van der Waals surface area contributed by atoms with Crippen molar-refractivity contribution in [1.29, 1.82) is 0 Å². The molecule has 0 saturated heterocycles. The lowest BCUT2D eigenvalue weighted by Gasteiger charge is -2.05. The van der Waals surface area contributed by atoms with Crippen molar-refractivity contribution in [2.24, 2.45) is 0 Å². The van der Waals surface area contributed by atoms with Crippen LogP contribution in [0.2, 0.25) is 0 Å². The Kier molecular flexibility index (Phi) is 2.60. The Bertz CT molecular complexity index is 379. The molecule has 5 nitrogen and oxygen atoms in total. The maximum atomic E-state index is 8.98. The number of hydrogen-bond acceptors (Lipinski definition) is 3. The van der Waals surface area contributed by atoms with Crippen molar-refractivity contribution >= 4 is 0 Å². The van der Waals surface area contributed by atoms with E-state index in [2.05, 4.69) is 10.1 Å². The van der Waals surface area contributed by atoms with Crippen LogP contribution in [0.1, 0.15) is 5.69 Å². The predicted molar refractivity (Wildman–Crippen MR) is 50.4 cm³/mol. The molecule has 0 bridgehead atoms. The van der Waals surface area contributed by atoms with Crippen molar-refractivity contribution in [3.63, 3.8) is 0 Å². The Hall–Kier alpha value is -1.62. The molecule has 0 aliphatic carbocycles. The topological polar surface area (TPSA) is 55.9 Å². The highest BCUT2D eigenvalue weighted by Crippen LogP contribution is 1.99. The highest BCUT2D eigenvalue weighted by molar-refractivity contribution is 4.95. The summed E-state index contributed by atoms with van der Waals surface area (Å²) in [4.78, 5) is 3.97. The second-order valence-electron chi connectivity index (χ2n) is 3.01. The van der Waals surface area contributed by atoms with Crippen LogP contribution in [0.25, 0.3) is 0 Å². The number of aliphatic hydroxyl groups excluding tert-OH is 1. The second kappa shape index (κ2) is 4.06. The van der Waals surface area contributed by atoms with Gasteiger partial charge in [-0.25, -0.2) is 4.98 Å². The molecule has 0 fully saturated rings. The average molecular weight is 192 g/mol. The standard InChI is InChI=1S/C9H12N4O/c14-7-9-6-10-8-12(9)4-5-13-3-1-2-11-13/h1-3,6,8,14H,4-5,7H2. The number of nitrogens with zero attached hydrogens (tertiary/aromatic N) is 4. The molecule has 0 aliphatic rings. The number of aromatic nitrogens is 4. The quantitative estimate of drug-likeness (QED) is 0.756. The Morgan fingerprint density at radius 1 is 1.36 bits per heavy atom. The van der Waals surface area contributed by atoms with Crippen LogP contribution in [0.15, 0.2) is 31.0 Å². The van der Waals surface area contributed by atoms with Gasteiger partial charge in [-0.3, -0.25) is 4.68 Å². The molecule has 2 heterocycles. The summed E-state index contributed by atoms with van der Waals surface area (Å²) in [6, 6.07) is 1.89. The summed E-state index contributed by atoms with van der Waals surface area (Å²) in [6.07, 6.45) is 7.05. The molecule has 0 atom stereocenters. The van der Waals surface area contributed by atoms with Crippen molar-refractivity contribution in [2.45, 2.75) is 19.7 Å². The van der Waals surface area contributed by atoms with E-state index in [-0.39, 0.29) is 6.61 Å². The largest absolute Gasteiger partial charge is 0.390 e. The van der Waals surface area contributed by atoms with Gasteiger partial charge in [0.1, 0.15) is 0 Å². The molecule has 0 aromatic carbocycles. The fraction of sp³-hybridized carbons (Fsp3) is 0.333. The van der Waals surface area contributed by atoms with Gasteiger partial charge in [0.15, 0.2) is 0 Å². The third-order valence-electron chi connectivity index (χ3n) is 2.09. The summed E-state index contributed by atoms with van der Waals surface area (Å²) in [5, 5.41) is 13.1. The van der Waals surface area contributed by atoms with Crippen LogP contribution < -0.4 is 0 Å². The van der Waals surface area contributed by atoms with Crippen molar-refractivity contribution in [3.8, 4) is 0 Å². The molecule has 0 amide bonds. The van der Waals surface area contributed by atoms with Crippen molar-refractivity contribution in [2.75, 3.05) is 0 Å². The van der Waals surface area contributed by atoms with Crippen molar-refractivity contribution < 1.29 is 5.11 Å². The van der Waals surface area contributed by atoms with E-state index in [1.165, 1.54) is 0 Å². The van der Waals surface area contributed by atoms with E-state index in [0.29, 0.717) is 0 Å². The summed E-state index contributed by atoms with van der Waals surface area (Å²) in [5.74, 6) is 0. The van der Waals surface area contributed by atoms with Crippen LogP contribution in [-0.4, -0.2) is 24.4 Å². The lowest BCUT2D eigenvalue weighted by Crippen LogP contribution is -2.09. The Balaban J connectivity index is 1.98. The number of rotatable bonds is 4. The van der Waals surface area contributed by atoms with Crippen LogP contribution in [0.5, 0.6) is 0 Å². The van der Waals surface area contributed by atoms with Crippen LogP contribution >= 0.6 is 0 Å². The molecule has 74 valence electrons. The number of aryl methyl sites for hydroxylation is 2. The zero-order chi connectivity index (χ0) is 9.80. The van der Waals surface area contributed by atoms with Gasteiger partial charge < -0.3 is 9.67 Å². The van der Waals surface area contributed by atoms with Crippen LogP contribution in [-0.2, 0) is 19.7 Å². The molecule has 2 aromatic rings. The maximum absolute atomic E-state index is 8.98. The predicted octanol–water partition coefficient (Wildman–Crippen LogP) is 0.272. The molecule has 0 aliphatic heterocycles. The first-order chi connectivity index (χ1) is 6.90. The monoisotopic (exact) mass is 192 g/mol. The Morgan fingerprint density at radius 3 is 3.00 bits per heavy atom. The third kappa shape index (κ3) is 1.82. The third-order valence-corrected chi connectivity index (χ3v) is 2.09. The molecule has 0 unspecified atom stereocenters. The van der Waals surface area contributed by atoms with Crippen LogP contribution in [0.3, 0.4) is 0 Å². The van der Waals surface area contributed by atoms with Gasteiger partial charge in [-0.05, 0) is 6.07 Å². The van der Waals surface area contributed by atoms with Crippen LogP contribution in [0.4, 0.5) is 0 Å². The molecule has 0 spiro atoms. The van der Waals surface area contributed by atoms with Gasteiger partial charge in [0.2, 0.25) is 0 Å². The minimum absolute atomic E-state index is 0.0269. The summed E-state index contributed by atoms with van der Waals surface area (Å²) in [6.45, 7) is 1.59. The summed E-state index contributed by atoms with van der Waals surface area (Å²) in [5.41, 5.74) is 0.831. The molecular weight excluding hydrogens is 180 g/mol. The normalized spacial score (nSPS) is 10.6. The lowest BCUT2D eigenvalue weighted by molar-refractivity contribution is 0.269.